The van der Waals surface area contributed by atoms with Gasteiger partial charge in [-0.1, -0.05) is 12.1 Å². The van der Waals surface area contributed by atoms with E-state index in [0.29, 0.717) is 30.1 Å². The molecule has 0 aliphatic carbocycles. The maximum Gasteiger partial charge on any atom is 0.204 e. The first-order valence-corrected chi connectivity index (χ1v) is 15.4. The number of H-pyrrole nitrogens is 1. The maximum absolute atomic E-state index is 15.0. The van der Waals surface area contributed by atoms with Crippen molar-refractivity contribution in [1.82, 2.24) is 4.98 Å². The van der Waals surface area contributed by atoms with Gasteiger partial charge in [0.25, 0.3) is 0 Å². The lowest BCUT2D eigenvalue weighted by molar-refractivity contribution is -0.677. The molecule has 1 atom stereocenters. The first kappa shape index (κ1) is 30.7. The maximum atomic E-state index is 15.0. The van der Waals surface area contributed by atoms with Crippen LogP contribution in [0.25, 0.3) is 10.9 Å². The van der Waals surface area contributed by atoms with Gasteiger partial charge in [-0.3, -0.25) is 5.41 Å². The van der Waals surface area contributed by atoms with Gasteiger partial charge in [-0.2, -0.15) is 4.39 Å². The van der Waals surface area contributed by atoms with Crippen LogP contribution in [0, 0.1) is 22.9 Å². The molecular weight excluding hydrogens is 575 g/mol. The number of ether oxygens (including phenoxy) is 3. The van der Waals surface area contributed by atoms with Crippen molar-refractivity contribution in [2.75, 3.05) is 26.1 Å². The van der Waals surface area contributed by atoms with E-state index in [2.05, 4.69) is 24.0 Å². The number of para-hydroxylation sites is 1. The van der Waals surface area contributed by atoms with Crippen LogP contribution in [0.1, 0.15) is 43.4 Å². The third kappa shape index (κ3) is 6.32. The minimum Gasteiger partial charge on any atom is -0.492 e. The Morgan fingerprint density at radius 3 is 2.81 bits per heavy atom. The normalized spacial score (nSPS) is 16.4. The van der Waals surface area contributed by atoms with Crippen LogP contribution >= 0.6 is 11.8 Å². The highest BCUT2D eigenvalue weighted by Gasteiger charge is 2.37. The largest absolute Gasteiger partial charge is 0.492 e. The fourth-order valence-corrected chi connectivity index (χ4v) is 6.09. The number of benzene rings is 3. The molecular formula is C33H35F3N3O3S+. The SMILES string of the molecule is CCOCCCc1cccc2c1OCCC2(C)[NH2+]/C=C\C(=N)c1cc(Oc2c(F)c(F)c3[nH]ccc3c2SC)ccc1F. The number of hydrogen-bond acceptors (Lipinski definition) is 5. The molecule has 5 rings (SSSR count). The standard InChI is InChI=1S/C33H34F3N3O3S/c1-4-40-17-6-8-20-7-5-9-24-30(20)41-18-14-33(24,2)39-16-13-26(37)23-19-21(10-11-25(23)34)42-31-28(36)27(35)29-22(12-15-38-29)32(31)43-3/h5,7,9-13,15-16,19,37-39H,4,6,8,14,17-18H2,1-3H3/p+1/b16-13-,37-26?. The van der Waals surface area contributed by atoms with Crippen molar-refractivity contribution in [3.05, 3.63) is 95.1 Å². The molecule has 0 bridgehead atoms. The number of fused-ring (bicyclic) bond motifs is 2. The summed E-state index contributed by atoms with van der Waals surface area (Å²) in [6, 6.07) is 11.6. The molecule has 0 amide bonds. The van der Waals surface area contributed by atoms with Gasteiger partial charge in [0.15, 0.2) is 11.6 Å². The van der Waals surface area contributed by atoms with E-state index >= 15 is 4.39 Å². The number of rotatable bonds is 12. The van der Waals surface area contributed by atoms with Gasteiger partial charge >= 0.3 is 0 Å². The molecule has 0 fully saturated rings. The average Bonchev–Trinajstić information content (AvgIpc) is 3.49. The van der Waals surface area contributed by atoms with Gasteiger partial charge in [-0.15, -0.1) is 11.8 Å². The second-order valence-electron chi connectivity index (χ2n) is 10.6. The molecule has 0 spiro atoms. The van der Waals surface area contributed by atoms with E-state index in [1.165, 1.54) is 36.2 Å². The Morgan fingerprint density at radius 1 is 1.19 bits per heavy atom. The molecule has 4 N–H and O–H groups in total. The fourth-order valence-electron chi connectivity index (χ4n) is 5.39. The Hall–Kier alpha value is -3.73. The summed E-state index contributed by atoms with van der Waals surface area (Å²) in [6.45, 7) is 6.06. The molecule has 1 aliphatic heterocycles. The summed E-state index contributed by atoms with van der Waals surface area (Å²) >= 11 is 1.21. The van der Waals surface area contributed by atoms with Crippen LogP contribution in [0.2, 0.25) is 0 Å². The number of hydrogen-bond donors (Lipinski definition) is 3. The lowest BCUT2D eigenvalue weighted by Crippen LogP contribution is -2.90. The van der Waals surface area contributed by atoms with Gasteiger partial charge in [0.05, 0.1) is 34.5 Å². The van der Waals surface area contributed by atoms with Gasteiger partial charge in [0.1, 0.15) is 22.9 Å². The number of quaternary nitrogens is 1. The molecule has 1 unspecified atom stereocenters. The molecule has 4 aromatic rings. The quantitative estimate of drug-likeness (QED) is 0.0899. The van der Waals surface area contributed by atoms with Crippen LogP contribution in [0.5, 0.6) is 17.2 Å². The molecule has 10 heteroatoms. The van der Waals surface area contributed by atoms with E-state index in [4.69, 9.17) is 19.6 Å². The Bertz CT molecular complexity index is 1670. The second-order valence-corrected chi connectivity index (χ2v) is 11.4. The molecule has 3 aromatic carbocycles. The highest BCUT2D eigenvalue weighted by molar-refractivity contribution is 7.99. The van der Waals surface area contributed by atoms with Crippen molar-refractivity contribution in [1.29, 1.82) is 5.41 Å². The number of halogens is 3. The number of thioether (sulfide) groups is 1. The first-order chi connectivity index (χ1) is 20.8. The van der Waals surface area contributed by atoms with E-state index in [-0.39, 0.29) is 33.8 Å². The Kier molecular flexibility index (Phi) is 9.49. The third-order valence-electron chi connectivity index (χ3n) is 7.71. The van der Waals surface area contributed by atoms with Gasteiger partial charge in [-0.25, -0.2) is 8.78 Å². The van der Waals surface area contributed by atoms with Crippen molar-refractivity contribution < 1.29 is 32.7 Å². The monoisotopic (exact) mass is 610 g/mol. The zero-order valence-corrected chi connectivity index (χ0v) is 25.2. The highest BCUT2D eigenvalue weighted by Crippen LogP contribution is 2.42. The minimum absolute atomic E-state index is 0.0226. The molecule has 6 nitrogen and oxygen atoms in total. The smallest absolute Gasteiger partial charge is 0.204 e. The van der Waals surface area contributed by atoms with Crippen molar-refractivity contribution >= 4 is 28.4 Å². The van der Waals surface area contributed by atoms with E-state index < -0.39 is 17.5 Å². The summed E-state index contributed by atoms with van der Waals surface area (Å²) in [5.74, 6) is -2.12. The zero-order chi connectivity index (χ0) is 30.6. The van der Waals surface area contributed by atoms with Crippen LogP contribution < -0.4 is 14.8 Å². The van der Waals surface area contributed by atoms with Crippen LogP contribution in [-0.4, -0.2) is 36.8 Å². The van der Waals surface area contributed by atoms with Gasteiger partial charge in [-0.05, 0) is 68.8 Å². The third-order valence-corrected chi connectivity index (χ3v) is 8.52. The number of allylic oxidation sites excluding steroid dienone is 1. The molecule has 2 heterocycles. The molecule has 0 saturated carbocycles. The van der Waals surface area contributed by atoms with Crippen LogP contribution in [0.15, 0.2) is 65.8 Å². The van der Waals surface area contributed by atoms with Gasteiger partial charge < -0.3 is 24.5 Å². The lowest BCUT2D eigenvalue weighted by Gasteiger charge is -2.33. The van der Waals surface area contributed by atoms with E-state index in [9.17, 15) is 8.78 Å². The number of nitrogens with one attached hydrogen (secondary N) is 2. The van der Waals surface area contributed by atoms with E-state index in [0.717, 1.165) is 42.2 Å². The van der Waals surface area contributed by atoms with Crippen LogP contribution in [-0.2, 0) is 16.7 Å². The average molecular weight is 611 g/mol. The molecule has 226 valence electrons. The molecule has 1 aliphatic rings. The summed E-state index contributed by atoms with van der Waals surface area (Å²) in [7, 11) is 0. The van der Waals surface area contributed by atoms with Gasteiger partial charge in [0.2, 0.25) is 5.82 Å². The first-order valence-electron chi connectivity index (χ1n) is 14.2. The number of nitrogens with two attached hydrogens (primary N) is 1. The summed E-state index contributed by atoms with van der Waals surface area (Å²) < 4.78 is 61.9. The van der Waals surface area contributed by atoms with Crippen molar-refractivity contribution in [3.8, 4) is 17.2 Å². The van der Waals surface area contributed by atoms with Crippen LogP contribution in [0.4, 0.5) is 13.2 Å². The number of aryl methyl sites for hydroxylation is 1. The van der Waals surface area contributed by atoms with Crippen LogP contribution in [0.3, 0.4) is 0 Å². The van der Waals surface area contributed by atoms with Crippen molar-refractivity contribution in [2.24, 2.45) is 0 Å². The molecule has 1 aromatic heterocycles. The summed E-state index contributed by atoms with van der Waals surface area (Å²) in [5, 5.41) is 11.1. The van der Waals surface area contributed by atoms with Gasteiger partial charge in [0, 0.05) is 42.9 Å². The lowest BCUT2D eigenvalue weighted by atomic mass is 9.84. The fraction of sp³-hybridized carbons (Fsp3) is 0.303. The molecule has 43 heavy (non-hydrogen) atoms. The zero-order valence-electron chi connectivity index (χ0n) is 24.4. The minimum atomic E-state index is -1.14. The number of aromatic amines is 1. The molecule has 0 radical (unpaired) electrons. The summed E-state index contributed by atoms with van der Waals surface area (Å²) in [4.78, 5) is 3.12. The van der Waals surface area contributed by atoms with E-state index in [1.807, 2.05) is 18.3 Å². The predicted molar refractivity (Wildman–Crippen MR) is 163 cm³/mol. The summed E-state index contributed by atoms with van der Waals surface area (Å²) in [5.41, 5.74) is 1.82. The Balaban J connectivity index is 1.34. The van der Waals surface area contributed by atoms with Crippen molar-refractivity contribution in [3.63, 3.8) is 0 Å². The molecule has 0 saturated heterocycles. The summed E-state index contributed by atoms with van der Waals surface area (Å²) in [6.07, 6.45) is 9.05. The Labute approximate surface area is 253 Å². The van der Waals surface area contributed by atoms with Crippen molar-refractivity contribution in [2.45, 2.75) is 43.5 Å². The Morgan fingerprint density at radius 2 is 2.02 bits per heavy atom. The topological polar surface area (TPSA) is 83.9 Å². The highest BCUT2D eigenvalue weighted by atomic mass is 32.2. The predicted octanol–water partition coefficient (Wildman–Crippen LogP) is 7.21. The number of aromatic nitrogens is 1. The van der Waals surface area contributed by atoms with E-state index in [1.54, 1.807) is 18.5 Å². The second kappa shape index (κ2) is 13.3.